The van der Waals surface area contributed by atoms with Crippen molar-refractivity contribution < 1.29 is 13.2 Å². The summed E-state index contributed by atoms with van der Waals surface area (Å²) < 4.78 is 35.7. The van der Waals surface area contributed by atoms with Crippen LogP contribution in [0.5, 0.6) is 0 Å². The van der Waals surface area contributed by atoms with Gasteiger partial charge in [-0.1, -0.05) is 35.3 Å². The fraction of sp³-hybridized carbons (Fsp3) is 0.125. The summed E-state index contributed by atoms with van der Waals surface area (Å²) in [6, 6.07) is 4.09. The van der Waals surface area contributed by atoms with E-state index in [-0.39, 0.29) is 22.0 Å². The zero-order chi connectivity index (χ0) is 10.1. The minimum Gasteiger partial charge on any atom is -0.170 e. The number of hydrogen-bond donors (Lipinski definition) is 0. The summed E-state index contributed by atoms with van der Waals surface area (Å²) in [5, 5.41) is 0.0289. The average Bonchev–Trinajstić information content (AvgIpc) is 1.96. The Bertz CT molecular complexity index is 307. The van der Waals surface area contributed by atoms with Gasteiger partial charge in [-0.3, -0.25) is 0 Å². The lowest BCUT2D eigenvalue weighted by atomic mass is 10.1. The van der Waals surface area contributed by atoms with Crippen LogP contribution in [0.3, 0.4) is 0 Å². The second kappa shape index (κ2) is 3.76. The van der Waals surface area contributed by atoms with Crippen molar-refractivity contribution in [2.75, 3.05) is 0 Å². The maximum atomic E-state index is 11.9. The van der Waals surface area contributed by atoms with Gasteiger partial charge in [-0.05, 0) is 11.6 Å². The van der Waals surface area contributed by atoms with Crippen LogP contribution >= 0.6 is 23.2 Å². The van der Waals surface area contributed by atoms with Crippen LogP contribution < -0.4 is 0 Å². The lowest BCUT2D eigenvalue weighted by Crippen LogP contribution is -2.09. The van der Waals surface area contributed by atoms with Crippen LogP contribution in [0.1, 0.15) is 5.56 Å². The Balaban J connectivity index is 2.96. The maximum Gasteiger partial charge on any atom is 0.396 e. The predicted molar refractivity (Wildman–Crippen MR) is 45.9 cm³/mol. The molecule has 0 saturated carbocycles. The van der Waals surface area contributed by atoms with Gasteiger partial charge >= 0.3 is 6.18 Å². The van der Waals surface area contributed by atoms with E-state index in [1.54, 1.807) is 0 Å². The van der Waals surface area contributed by atoms with Crippen LogP contribution in [0.2, 0.25) is 10.0 Å². The van der Waals surface area contributed by atoms with Crippen molar-refractivity contribution >= 4 is 23.2 Å². The molecule has 0 amide bonds. The standard InChI is InChI=1S/C8H4Cl2F3/c9-6-3-1-2-5(7(6)10)4-8(11,12)13/h1-4H. The maximum absolute atomic E-state index is 11.9. The van der Waals surface area contributed by atoms with E-state index in [2.05, 4.69) is 0 Å². The summed E-state index contributed by atoms with van der Waals surface area (Å²) in [7, 11) is 0. The summed E-state index contributed by atoms with van der Waals surface area (Å²) in [4.78, 5) is 0. The summed E-state index contributed by atoms with van der Waals surface area (Å²) in [6.45, 7) is 0. The summed E-state index contributed by atoms with van der Waals surface area (Å²) in [5.41, 5.74) is -0.123. The van der Waals surface area contributed by atoms with Crippen molar-refractivity contribution in [3.05, 3.63) is 40.2 Å². The first kappa shape index (κ1) is 10.7. The first-order valence-corrected chi connectivity index (χ1v) is 4.02. The quantitative estimate of drug-likeness (QED) is 0.678. The van der Waals surface area contributed by atoms with Crippen molar-refractivity contribution in [1.29, 1.82) is 0 Å². The Kier molecular flexibility index (Phi) is 3.09. The fourth-order valence-electron chi connectivity index (χ4n) is 0.808. The molecule has 71 valence electrons. The molecule has 0 aliphatic rings. The average molecular weight is 228 g/mol. The zero-order valence-electron chi connectivity index (χ0n) is 6.20. The minimum atomic E-state index is -4.38. The van der Waals surface area contributed by atoms with Gasteiger partial charge in [0, 0.05) is 0 Å². The predicted octanol–water partition coefficient (Wildman–Crippen LogP) is 4.11. The van der Waals surface area contributed by atoms with Crippen molar-refractivity contribution in [1.82, 2.24) is 0 Å². The van der Waals surface area contributed by atoms with Gasteiger partial charge < -0.3 is 0 Å². The monoisotopic (exact) mass is 227 g/mol. The molecule has 13 heavy (non-hydrogen) atoms. The summed E-state index contributed by atoms with van der Waals surface area (Å²) in [6.07, 6.45) is -4.27. The Morgan fingerprint density at radius 1 is 1.15 bits per heavy atom. The Morgan fingerprint density at radius 2 is 1.77 bits per heavy atom. The minimum absolute atomic E-state index is 0.0820. The Hall–Kier alpha value is -0.410. The Morgan fingerprint density at radius 3 is 2.31 bits per heavy atom. The highest BCUT2D eigenvalue weighted by molar-refractivity contribution is 6.42. The van der Waals surface area contributed by atoms with Gasteiger partial charge in [0.05, 0.1) is 16.5 Å². The molecule has 1 rings (SSSR count). The van der Waals surface area contributed by atoms with Crippen LogP contribution in [0.25, 0.3) is 0 Å². The van der Waals surface area contributed by atoms with E-state index in [9.17, 15) is 13.2 Å². The van der Waals surface area contributed by atoms with E-state index in [1.807, 2.05) is 0 Å². The number of hydrogen-bond acceptors (Lipinski definition) is 0. The van der Waals surface area contributed by atoms with Crippen molar-refractivity contribution in [2.24, 2.45) is 0 Å². The van der Waals surface area contributed by atoms with Crippen LogP contribution in [-0.4, -0.2) is 6.18 Å². The fourth-order valence-corrected chi connectivity index (χ4v) is 1.17. The van der Waals surface area contributed by atoms with Gasteiger partial charge in [-0.25, -0.2) is 0 Å². The van der Waals surface area contributed by atoms with Gasteiger partial charge in [-0.15, -0.1) is 0 Å². The number of benzene rings is 1. The van der Waals surface area contributed by atoms with Gasteiger partial charge in [0.25, 0.3) is 0 Å². The number of halogens is 5. The molecule has 1 aromatic rings. The molecule has 0 aliphatic carbocycles. The van der Waals surface area contributed by atoms with Gasteiger partial charge in [0.15, 0.2) is 0 Å². The molecule has 0 heterocycles. The first-order chi connectivity index (χ1) is 5.90. The molecule has 0 bridgehead atoms. The topological polar surface area (TPSA) is 0 Å². The summed E-state index contributed by atoms with van der Waals surface area (Å²) in [5.74, 6) is 0. The van der Waals surface area contributed by atoms with Gasteiger partial charge in [0.1, 0.15) is 0 Å². The third-order valence-corrected chi connectivity index (χ3v) is 2.13. The molecular formula is C8H4Cl2F3. The van der Waals surface area contributed by atoms with E-state index in [4.69, 9.17) is 23.2 Å². The molecule has 5 heteroatoms. The molecule has 0 aromatic heterocycles. The molecule has 0 fully saturated rings. The van der Waals surface area contributed by atoms with Crippen LogP contribution in [0.4, 0.5) is 13.2 Å². The number of rotatable bonds is 1. The molecule has 1 radical (unpaired) electrons. The van der Waals surface area contributed by atoms with Crippen LogP contribution in [0.15, 0.2) is 18.2 Å². The highest BCUT2D eigenvalue weighted by atomic mass is 35.5. The SMILES string of the molecule is FC(F)(F)[CH]c1cccc(Cl)c1Cl. The molecule has 0 nitrogen and oxygen atoms in total. The van der Waals surface area contributed by atoms with Crippen LogP contribution in [0, 0.1) is 6.42 Å². The van der Waals surface area contributed by atoms with Crippen LogP contribution in [-0.2, 0) is 0 Å². The lowest BCUT2D eigenvalue weighted by molar-refractivity contribution is -0.0927. The van der Waals surface area contributed by atoms with E-state index >= 15 is 0 Å². The highest BCUT2D eigenvalue weighted by Gasteiger charge is 2.29. The van der Waals surface area contributed by atoms with Crippen molar-refractivity contribution in [2.45, 2.75) is 6.18 Å². The van der Waals surface area contributed by atoms with Crippen molar-refractivity contribution in [3.63, 3.8) is 0 Å². The molecule has 0 aliphatic heterocycles. The highest BCUT2D eigenvalue weighted by Crippen LogP contribution is 2.31. The van der Waals surface area contributed by atoms with E-state index < -0.39 is 6.18 Å². The molecular weight excluding hydrogens is 224 g/mol. The zero-order valence-corrected chi connectivity index (χ0v) is 7.71. The molecule has 0 saturated heterocycles. The molecule has 0 N–H and O–H groups in total. The third kappa shape index (κ3) is 3.08. The van der Waals surface area contributed by atoms with Gasteiger partial charge in [-0.2, -0.15) is 13.2 Å². The van der Waals surface area contributed by atoms with E-state index in [1.165, 1.54) is 18.2 Å². The third-order valence-electron chi connectivity index (χ3n) is 1.30. The van der Waals surface area contributed by atoms with E-state index in [0.717, 1.165) is 0 Å². The number of alkyl halides is 3. The smallest absolute Gasteiger partial charge is 0.170 e. The normalized spacial score (nSPS) is 11.8. The first-order valence-electron chi connectivity index (χ1n) is 3.27. The van der Waals surface area contributed by atoms with Gasteiger partial charge in [0.2, 0.25) is 0 Å². The second-order valence-corrected chi connectivity index (χ2v) is 3.11. The second-order valence-electron chi connectivity index (χ2n) is 2.33. The summed E-state index contributed by atoms with van der Waals surface area (Å²) >= 11 is 11.1. The Labute approximate surface area is 83.3 Å². The molecule has 0 unspecified atom stereocenters. The molecule has 0 spiro atoms. The lowest BCUT2D eigenvalue weighted by Gasteiger charge is -2.07. The largest absolute Gasteiger partial charge is 0.396 e. The molecule has 0 atom stereocenters. The van der Waals surface area contributed by atoms with Crippen molar-refractivity contribution in [3.8, 4) is 0 Å². The molecule has 1 aromatic carbocycles. The van der Waals surface area contributed by atoms with E-state index in [0.29, 0.717) is 0 Å².